The van der Waals surface area contributed by atoms with Crippen LogP contribution in [0, 0.1) is 0 Å². The number of amides is 1. The molecule has 4 heteroatoms. The molecular formula is C24H30N2O2. The number of para-hydroxylation sites is 1. The van der Waals surface area contributed by atoms with E-state index in [0.717, 1.165) is 43.7 Å². The minimum atomic E-state index is -0.277. The van der Waals surface area contributed by atoms with Crippen LogP contribution in [-0.4, -0.2) is 36.0 Å². The average molecular weight is 379 g/mol. The molecule has 1 saturated heterocycles. The molecule has 0 aliphatic carbocycles. The number of likely N-dealkylation sites (tertiary alicyclic amines) is 1. The van der Waals surface area contributed by atoms with E-state index in [9.17, 15) is 4.79 Å². The molecule has 4 rings (SSSR count). The summed E-state index contributed by atoms with van der Waals surface area (Å²) in [4.78, 5) is 15.0. The molecule has 4 nitrogen and oxygen atoms in total. The maximum atomic E-state index is 12.8. The molecule has 0 spiro atoms. The van der Waals surface area contributed by atoms with E-state index in [1.807, 2.05) is 18.2 Å². The summed E-state index contributed by atoms with van der Waals surface area (Å²) in [6.45, 7) is 6.58. The second-order valence-corrected chi connectivity index (χ2v) is 8.68. The zero-order valence-electron chi connectivity index (χ0n) is 16.9. The average Bonchev–Trinajstić information content (AvgIpc) is 2.68. The molecule has 1 amide bonds. The van der Waals surface area contributed by atoms with Gasteiger partial charge in [-0.3, -0.25) is 9.69 Å². The SMILES string of the molecule is CC1(C)C[C@H](NC(=O)CN2CCC(c3ccccc3)CC2)c2ccccc2O1. The summed E-state index contributed by atoms with van der Waals surface area (Å²) in [7, 11) is 0. The first-order valence-electron chi connectivity index (χ1n) is 10.3. The Bertz CT molecular complexity index is 810. The Morgan fingerprint density at radius 2 is 1.75 bits per heavy atom. The van der Waals surface area contributed by atoms with Crippen LogP contribution in [-0.2, 0) is 4.79 Å². The third kappa shape index (κ3) is 4.39. The Balaban J connectivity index is 1.33. The third-order valence-corrected chi connectivity index (χ3v) is 5.94. The Morgan fingerprint density at radius 3 is 2.50 bits per heavy atom. The van der Waals surface area contributed by atoms with Crippen molar-refractivity contribution in [3.8, 4) is 5.75 Å². The summed E-state index contributed by atoms with van der Waals surface area (Å²) in [5.74, 6) is 1.60. The van der Waals surface area contributed by atoms with Crippen LogP contribution in [0.25, 0.3) is 0 Å². The number of benzene rings is 2. The van der Waals surface area contributed by atoms with Crippen molar-refractivity contribution in [3.63, 3.8) is 0 Å². The van der Waals surface area contributed by atoms with Crippen LogP contribution in [0.4, 0.5) is 0 Å². The van der Waals surface area contributed by atoms with Crippen molar-refractivity contribution in [2.24, 2.45) is 0 Å². The summed E-state index contributed by atoms with van der Waals surface area (Å²) in [6, 6.07) is 18.8. The molecule has 0 radical (unpaired) electrons. The predicted octanol–water partition coefficient (Wildman–Crippen LogP) is 4.28. The van der Waals surface area contributed by atoms with Crippen LogP contribution in [0.1, 0.15) is 56.2 Å². The molecule has 2 aliphatic heterocycles. The maximum Gasteiger partial charge on any atom is 0.234 e. The van der Waals surface area contributed by atoms with Crippen LogP contribution in [0.2, 0.25) is 0 Å². The molecule has 2 aliphatic rings. The van der Waals surface area contributed by atoms with Gasteiger partial charge in [0.1, 0.15) is 11.4 Å². The highest BCUT2D eigenvalue weighted by molar-refractivity contribution is 5.78. The zero-order valence-corrected chi connectivity index (χ0v) is 16.9. The van der Waals surface area contributed by atoms with Gasteiger partial charge in [-0.1, -0.05) is 48.5 Å². The maximum absolute atomic E-state index is 12.8. The van der Waals surface area contributed by atoms with Crippen molar-refractivity contribution in [1.29, 1.82) is 0 Å². The van der Waals surface area contributed by atoms with Crippen molar-refractivity contribution in [2.75, 3.05) is 19.6 Å². The van der Waals surface area contributed by atoms with Crippen molar-refractivity contribution in [3.05, 3.63) is 65.7 Å². The van der Waals surface area contributed by atoms with E-state index in [1.165, 1.54) is 5.56 Å². The van der Waals surface area contributed by atoms with Gasteiger partial charge < -0.3 is 10.1 Å². The molecule has 28 heavy (non-hydrogen) atoms. The van der Waals surface area contributed by atoms with Gasteiger partial charge in [-0.05, 0) is 57.3 Å². The highest BCUT2D eigenvalue weighted by Crippen LogP contribution is 2.39. The molecule has 0 aromatic heterocycles. The molecule has 1 atom stereocenters. The lowest BCUT2D eigenvalue weighted by Gasteiger charge is -2.38. The number of nitrogens with zero attached hydrogens (tertiary/aromatic N) is 1. The van der Waals surface area contributed by atoms with Crippen LogP contribution < -0.4 is 10.1 Å². The number of hydrogen-bond donors (Lipinski definition) is 1. The minimum Gasteiger partial charge on any atom is -0.487 e. The second kappa shape index (κ2) is 7.96. The monoisotopic (exact) mass is 378 g/mol. The van der Waals surface area contributed by atoms with Crippen LogP contribution in [0.5, 0.6) is 5.75 Å². The number of ether oxygens (including phenoxy) is 1. The standard InChI is InChI=1S/C24H30N2O2/c1-24(2)16-21(20-10-6-7-11-22(20)28-24)25-23(27)17-26-14-12-19(13-15-26)18-8-4-3-5-9-18/h3-11,19,21H,12-17H2,1-2H3,(H,25,27)/t21-/m0/s1. The Labute approximate surface area is 167 Å². The van der Waals surface area contributed by atoms with Crippen molar-refractivity contribution < 1.29 is 9.53 Å². The van der Waals surface area contributed by atoms with Gasteiger partial charge in [0.25, 0.3) is 0 Å². The summed E-state index contributed by atoms with van der Waals surface area (Å²) in [6.07, 6.45) is 3.01. The first-order valence-corrected chi connectivity index (χ1v) is 10.3. The molecule has 2 aromatic carbocycles. The Hall–Kier alpha value is -2.33. The normalized spacial score (nSPS) is 22.1. The summed E-state index contributed by atoms with van der Waals surface area (Å²) in [5, 5.41) is 3.26. The smallest absolute Gasteiger partial charge is 0.234 e. The lowest BCUT2D eigenvalue weighted by Crippen LogP contribution is -2.45. The van der Waals surface area contributed by atoms with E-state index in [2.05, 4.69) is 60.5 Å². The lowest BCUT2D eigenvalue weighted by molar-refractivity contribution is -0.123. The fraction of sp³-hybridized carbons (Fsp3) is 0.458. The number of carbonyl (C=O) groups is 1. The molecule has 0 saturated carbocycles. The number of fused-ring (bicyclic) bond motifs is 1. The summed E-state index contributed by atoms with van der Waals surface area (Å²) < 4.78 is 6.07. The first-order chi connectivity index (χ1) is 13.5. The van der Waals surface area contributed by atoms with Crippen LogP contribution in [0.3, 0.4) is 0 Å². The van der Waals surface area contributed by atoms with Crippen molar-refractivity contribution in [2.45, 2.75) is 50.7 Å². The van der Waals surface area contributed by atoms with Crippen LogP contribution >= 0.6 is 0 Å². The quantitative estimate of drug-likeness (QED) is 0.863. The van der Waals surface area contributed by atoms with Gasteiger partial charge in [0.2, 0.25) is 5.91 Å². The largest absolute Gasteiger partial charge is 0.487 e. The number of carbonyl (C=O) groups excluding carboxylic acids is 1. The highest BCUT2D eigenvalue weighted by atomic mass is 16.5. The van der Waals surface area contributed by atoms with Crippen molar-refractivity contribution >= 4 is 5.91 Å². The van der Waals surface area contributed by atoms with Gasteiger partial charge in [0.15, 0.2) is 0 Å². The van der Waals surface area contributed by atoms with E-state index in [4.69, 9.17) is 4.74 Å². The third-order valence-electron chi connectivity index (χ3n) is 5.94. The fourth-order valence-electron chi connectivity index (χ4n) is 4.52. The first kappa shape index (κ1) is 19.0. The van der Waals surface area contributed by atoms with Gasteiger partial charge >= 0.3 is 0 Å². The molecule has 0 bridgehead atoms. The Kier molecular flexibility index (Phi) is 5.40. The summed E-state index contributed by atoms with van der Waals surface area (Å²) in [5.41, 5.74) is 2.23. The van der Waals surface area contributed by atoms with Gasteiger partial charge in [-0.25, -0.2) is 0 Å². The number of rotatable bonds is 4. The molecule has 1 fully saturated rings. The minimum absolute atomic E-state index is 0.00862. The second-order valence-electron chi connectivity index (χ2n) is 8.68. The topological polar surface area (TPSA) is 41.6 Å². The van der Waals surface area contributed by atoms with E-state index in [1.54, 1.807) is 0 Å². The van der Waals surface area contributed by atoms with Gasteiger partial charge in [-0.2, -0.15) is 0 Å². The van der Waals surface area contributed by atoms with Gasteiger partial charge in [0, 0.05) is 12.0 Å². The summed E-state index contributed by atoms with van der Waals surface area (Å²) >= 11 is 0. The predicted molar refractivity (Wildman–Crippen MR) is 112 cm³/mol. The molecular weight excluding hydrogens is 348 g/mol. The van der Waals surface area contributed by atoms with E-state index in [0.29, 0.717) is 12.5 Å². The van der Waals surface area contributed by atoms with E-state index in [-0.39, 0.29) is 17.6 Å². The highest BCUT2D eigenvalue weighted by Gasteiger charge is 2.34. The van der Waals surface area contributed by atoms with Crippen LogP contribution in [0.15, 0.2) is 54.6 Å². The molecule has 148 valence electrons. The molecule has 1 N–H and O–H groups in total. The van der Waals surface area contributed by atoms with E-state index >= 15 is 0 Å². The fourth-order valence-corrected chi connectivity index (χ4v) is 4.52. The van der Waals surface area contributed by atoms with Crippen molar-refractivity contribution in [1.82, 2.24) is 10.2 Å². The molecule has 0 unspecified atom stereocenters. The number of hydrogen-bond acceptors (Lipinski definition) is 3. The Morgan fingerprint density at radius 1 is 1.07 bits per heavy atom. The molecule has 2 heterocycles. The van der Waals surface area contributed by atoms with Gasteiger partial charge in [0.05, 0.1) is 12.6 Å². The van der Waals surface area contributed by atoms with E-state index < -0.39 is 0 Å². The molecule has 2 aromatic rings. The van der Waals surface area contributed by atoms with Gasteiger partial charge in [-0.15, -0.1) is 0 Å². The lowest BCUT2D eigenvalue weighted by atomic mass is 9.89. The number of nitrogens with one attached hydrogen (secondary N) is 1. The zero-order chi connectivity index (χ0) is 19.6. The number of piperidine rings is 1.